The average molecular weight is 341 g/mol. The van der Waals surface area contributed by atoms with Gasteiger partial charge in [-0.15, -0.1) is 0 Å². The fraction of sp³-hybridized carbons (Fsp3) is 0.368. The van der Waals surface area contributed by atoms with Crippen LogP contribution in [0.4, 0.5) is 0 Å². The number of nitrogens with zero attached hydrogens (tertiary/aromatic N) is 2. The molecule has 134 valence electrons. The minimum absolute atomic E-state index is 0.0508. The van der Waals surface area contributed by atoms with Crippen molar-refractivity contribution in [3.05, 3.63) is 59.9 Å². The summed E-state index contributed by atoms with van der Waals surface area (Å²) in [5.41, 5.74) is 1.67. The molecule has 0 bridgehead atoms. The van der Waals surface area contributed by atoms with E-state index in [1.165, 1.54) is 0 Å². The minimum Gasteiger partial charge on any atom is -0.357 e. The molecule has 0 aliphatic carbocycles. The molecule has 1 aromatic carbocycles. The van der Waals surface area contributed by atoms with Crippen molar-refractivity contribution in [2.75, 3.05) is 19.6 Å². The molecule has 0 saturated heterocycles. The van der Waals surface area contributed by atoms with Gasteiger partial charge >= 0.3 is 0 Å². The predicted molar refractivity (Wildman–Crippen MR) is 102 cm³/mol. The summed E-state index contributed by atoms with van der Waals surface area (Å²) in [7, 11) is 0. The number of hydrogen-bond donors (Lipinski definition) is 3. The lowest BCUT2D eigenvalue weighted by molar-refractivity contribution is 0.0955. The maximum atomic E-state index is 11.9. The number of amides is 1. The van der Waals surface area contributed by atoms with Gasteiger partial charge in [0.05, 0.1) is 6.54 Å². The van der Waals surface area contributed by atoms with Gasteiger partial charge in [-0.3, -0.25) is 4.79 Å². The van der Waals surface area contributed by atoms with Crippen molar-refractivity contribution in [1.29, 1.82) is 0 Å². The van der Waals surface area contributed by atoms with Gasteiger partial charge in [-0.2, -0.15) is 0 Å². The van der Waals surface area contributed by atoms with E-state index in [2.05, 4.69) is 25.5 Å². The number of hydrogen-bond acceptors (Lipinski definition) is 2. The highest BCUT2D eigenvalue weighted by atomic mass is 16.1. The van der Waals surface area contributed by atoms with Crippen molar-refractivity contribution in [2.24, 2.45) is 4.99 Å². The third-order valence-corrected chi connectivity index (χ3v) is 3.62. The first kappa shape index (κ1) is 18.6. The molecule has 1 aromatic heterocycles. The van der Waals surface area contributed by atoms with Gasteiger partial charge in [0.25, 0.3) is 5.91 Å². The van der Waals surface area contributed by atoms with Gasteiger partial charge in [0.2, 0.25) is 0 Å². The fourth-order valence-electron chi connectivity index (χ4n) is 2.41. The van der Waals surface area contributed by atoms with Crippen LogP contribution >= 0.6 is 0 Å². The molecule has 0 unspecified atom stereocenters. The van der Waals surface area contributed by atoms with Crippen molar-refractivity contribution in [1.82, 2.24) is 20.5 Å². The van der Waals surface area contributed by atoms with Crippen molar-refractivity contribution >= 4 is 11.9 Å². The number of carbonyl (C=O) groups excluding carboxylic acids is 1. The SMILES string of the molecule is CCNC(=O)c1cccc(CN=C(NCC)NCCn2cccc2)c1. The number of carbonyl (C=O) groups is 1. The summed E-state index contributed by atoms with van der Waals surface area (Å²) in [6.45, 7) is 7.56. The van der Waals surface area contributed by atoms with Gasteiger partial charge in [-0.05, 0) is 43.7 Å². The van der Waals surface area contributed by atoms with Crippen molar-refractivity contribution < 1.29 is 4.79 Å². The quantitative estimate of drug-likeness (QED) is 0.508. The fourth-order valence-corrected chi connectivity index (χ4v) is 2.41. The highest BCUT2D eigenvalue weighted by molar-refractivity contribution is 5.94. The molecule has 0 aliphatic heterocycles. The van der Waals surface area contributed by atoms with Gasteiger partial charge in [0.1, 0.15) is 0 Å². The molecule has 1 amide bonds. The zero-order chi connectivity index (χ0) is 17.9. The van der Waals surface area contributed by atoms with Crippen LogP contribution in [-0.4, -0.2) is 36.1 Å². The van der Waals surface area contributed by atoms with Gasteiger partial charge in [-0.25, -0.2) is 4.99 Å². The van der Waals surface area contributed by atoms with E-state index < -0.39 is 0 Å². The molecule has 3 N–H and O–H groups in total. The smallest absolute Gasteiger partial charge is 0.251 e. The Balaban J connectivity index is 1.93. The van der Waals surface area contributed by atoms with Crippen LogP contribution in [0.25, 0.3) is 0 Å². The summed E-state index contributed by atoms with van der Waals surface area (Å²) in [4.78, 5) is 16.5. The van der Waals surface area contributed by atoms with Crippen LogP contribution in [0, 0.1) is 0 Å². The van der Waals surface area contributed by atoms with E-state index in [0.29, 0.717) is 18.7 Å². The third kappa shape index (κ3) is 6.33. The average Bonchev–Trinajstić information content (AvgIpc) is 3.13. The highest BCUT2D eigenvalue weighted by Gasteiger charge is 2.04. The van der Waals surface area contributed by atoms with E-state index in [9.17, 15) is 4.79 Å². The van der Waals surface area contributed by atoms with Gasteiger partial charge < -0.3 is 20.5 Å². The van der Waals surface area contributed by atoms with Crippen molar-refractivity contribution in [3.63, 3.8) is 0 Å². The first-order valence-corrected chi connectivity index (χ1v) is 8.73. The summed E-state index contributed by atoms with van der Waals surface area (Å²) in [5.74, 6) is 0.725. The second kappa shape index (κ2) is 10.2. The van der Waals surface area contributed by atoms with Gasteiger partial charge in [0.15, 0.2) is 5.96 Å². The van der Waals surface area contributed by atoms with Crippen LogP contribution in [-0.2, 0) is 13.1 Å². The molecule has 0 aliphatic rings. The van der Waals surface area contributed by atoms with E-state index in [4.69, 9.17) is 0 Å². The Labute approximate surface area is 149 Å². The van der Waals surface area contributed by atoms with E-state index in [1.807, 2.05) is 62.6 Å². The lowest BCUT2D eigenvalue weighted by atomic mass is 10.1. The lowest BCUT2D eigenvalue weighted by Crippen LogP contribution is -2.38. The molecule has 6 heteroatoms. The van der Waals surface area contributed by atoms with E-state index in [1.54, 1.807) is 0 Å². The summed E-state index contributed by atoms with van der Waals surface area (Å²) >= 11 is 0. The number of benzene rings is 1. The van der Waals surface area contributed by atoms with E-state index >= 15 is 0 Å². The number of aliphatic imine (C=N–C) groups is 1. The van der Waals surface area contributed by atoms with Crippen molar-refractivity contribution in [3.8, 4) is 0 Å². The van der Waals surface area contributed by atoms with Crippen molar-refractivity contribution in [2.45, 2.75) is 26.9 Å². The van der Waals surface area contributed by atoms with E-state index in [0.717, 1.165) is 31.2 Å². The first-order valence-electron chi connectivity index (χ1n) is 8.73. The Morgan fingerprint density at radius 1 is 1.04 bits per heavy atom. The molecular formula is C19H27N5O. The Hall–Kier alpha value is -2.76. The van der Waals surface area contributed by atoms with Crippen LogP contribution in [0.3, 0.4) is 0 Å². The van der Waals surface area contributed by atoms with Crippen LogP contribution in [0.5, 0.6) is 0 Å². The highest BCUT2D eigenvalue weighted by Crippen LogP contribution is 2.06. The molecular weight excluding hydrogens is 314 g/mol. The molecule has 0 fully saturated rings. The third-order valence-electron chi connectivity index (χ3n) is 3.62. The Morgan fingerprint density at radius 3 is 2.52 bits per heavy atom. The Bertz CT molecular complexity index is 679. The Morgan fingerprint density at radius 2 is 1.80 bits per heavy atom. The largest absolute Gasteiger partial charge is 0.357 e. The molecule has 0 radical (unpaired) electrons. The van der Waals surface area contributed by atoms with Crippen LogP contribution in [0.2, 0.25) is 0 Å². The van der Waals surface area contributed by atoms with Crippen LogP contribution in [0.1, 0.15) is 29.8 Å². The number of guanidine groups is 1. The minimum atomic E-state index is -0.0508. The molecule has 0 spiro atoms. The summed E-state index contributed by atoms with van der Waals surface area (Å²) in [5, 5.41) is 9.38. The second-order valence-corrected chi connectivity index (χ2v) is 5.60. The zero-order valence-electron chi connectivity index (χ0n) is 15.0. The molecule has 0 saturated carbocycles. The van der Waals surface area contributed by atoms with Crippen LogP contribution in [0.15, 0.2) is 53.8 Å². The maximum Gasteiger partial charge on any atom is 0.251 e. The molecule has 0 atom stereocenters. The van der Waals surface area contributed by atoms with Crippen LogP contribution < -0.4 is 16.0 Å². The summed E-state index contributed by atoms with van der Waals surface area (Å²) < 4.78 is 2.12. The van der Waals surface area contributed by atoms with E-state index in [-0.39, 0.29) is 5.91 Å². The summed E-state index contributed by atoms with van der Waals surface area (Å²) in [6, 6.07) is 11.6. The maximum absolute atomic E-state index is 11.9. The number of nitrogens with one attached hydrogen (secondary N) is 3. The van der Waals surface area contributed by atoms with Gasteiger partial charge in [0, 0.05) is 44.1 Å². The zero-order valence-corrected chi connectivity index (χ0v) is 15.0. The molecule has 2 aromatic rings. The topological polar surface area (TPSA) is 70.4 Å². The lowest BCUT2D eigenvalue weighted by Gasteiger charge is -2.12. The molecule has 2 rings (SSSR count). The van der Waals surface area contributed by atoms with Gasteiger partial charge in [-0.1, -0.05) is 12.1 Å². The predicted octanol–water partition coefficient (Wildman–Crippen LogP) is 1.99. The summed E-state index contributed by atoms with van der Waals surface area (Å²) in [6.07, 6.45) is 4.08. The molecule has 6 nitrogen and oxygen atoms in total. The molecule has 25 heavy (non-hydrogen) atoms. The number of rotatable bonds is 8. The first-order chi connectivity index (χ1) is 12.2. The normalized spacial score (nSPS) is 11.2. The number of aromatic nitrogens is 1. The second-order valence-electron chi connectivity index (χ2n) is 5.60. The standard InChI is InChI=1S/C19H27N5O/c1-3-20-18(25)17-9-7-8-16(14-17)15-23-19(21-4-2)22-10-13-24-11-5-6-12-24/h5-9,11-12,14H,3-4,10,13,15H2,1-2H3,(H,20,25)(H2,21,22,23). The molecule has 1 heterocycles. The monoisotopic (exact) mass is 341 g/mol. The Kier molecular flexibility index (Phi) is 7.56.